The molecule has 0 heterocycles. The Hall–Kier alpha value is -2.04. The lowest BCUT2D eigenvalue weighted by Gasteiger charge is -2.45. The van der Waals surface area contributed by atoms with Gasteiger partial charge in [0.15, 0.2) is 0 Å². The van der Waals surface area contributed by atoms with Gasteiger partial charge in [-0.2, -0.15) is 0 Å². The standard InChI is InChI=1S/C20H28N2O3/c1-12-5-6-14(7-13(12)2)15-10-18(11-15)22(3)19(23)16-8-17(9-16)21-20(24)25-4/h5-7,15-18H,8-11H2,1-4H3,(H,21,24). The summed E-state index contributed by atoms with van der Waals surface area (Å²) in [6.07, 6.45) is 3.10. The van der Waals surface area contributed by atoms with Crippen LogP contribution >= 0.6 is 0 Å². The lowest BCUT2D eigenvalue weighted by molar-refractivity contribution is -0.141. The van der Waals surface area contributed by atoms with Gasteiger partial charge in [-0.25, -0.2) is 4.79 Å². The van der Waals surface area contributed by atoms with Gasteiger partial charge in [-0.15, -0.1) is 0 Å². The number of rotatable bonds is 4. The SMILES string of the molecule is COC(=O)NC1CC(C(=O)N(C)C2CC(c3ccc(C)c(C)c3)C2)C1. The molecule has 1 aromatic carbocycles. The fourth-order valence-electron chi connectivity index (χ4n) is 3.83. The minimum Gasteiger partial charge on any atom is -0.453 e. The molecule has 0 aromatic heterocycles. The maximum atomic E-state index is 12.6. The zero-order valence-corrected chi connectivity index (χ0v) is 15.5. The highest BCUT2D eigenvalue weighted by molar-refractivity contribution is 5.80. The highest BCUT2D eigenvalue weighted by Gasteiger charge is 2.41. The van der Waals surface area contributed by atoms with Crippen molar-refractivity contribution in [1.29, 1.82) is 0 Å². The van der Waals surface area contributed by atoms with Crippen molar-refractivity contribution in [2.24, 2.45) is 5.92 Å². The van der Waals surface area contributed by atoms with Gasteiger partial charge in [-0.3, -0.25) is 4.79 Å². The van der Waals surface area contributed by atoms with Crippen LogP contribution in [0, 0.1) is 19.8 Å². The molecule has 25 heavy (non-hydrogen) atoms. The number of amides is 2. The molecule has 5 heteroatoms. The number of alkyl carbamates (subject to hydrolysis) is 1. The molecule has 1 N–H and O–H groups in total. The lowest BCUT2D eigenvalue weighted by Crippen LogP contribution is -2.53. The number of methoxy groups -OCH3 is 1. The summed E-state index contributed by atoms with van der Waals surface area (Å²) in [4.78, 5) is 25.7. The van der Waals surface area contributed by atoms with Crippen molar-refractivity contribution >= 4 is 12.0 Å². The molecule has 5 nitrogen and oxygen atoms in total. The Morgan fingerprint density at radius 1 is 1.12 bits per heavy atom. The van der Waals surface area contributed by atoms with Crippen molar-refractivity contribution < 1.29 is 14.3 Å². The highest BCUT2D eigenvalue weighted by atomic mass is 16.5. The first-order valence-electron chi connectivity index (χ1n) is 9.07. The summed E-state index contributed by atoms with van der Waals surface area (Å²) in [5.74, 6) is 0.814. The van der Waals surface area contributed by atoms with Crippen molar-refractivity contribution in [2.45, 2.75) is 57.5 Å². The van der Waals surface area contributed by atoms with E-state index in [1.54, 1.807) is 0 Å². The Morgan fingerprint density at radius 2 is 1.80 bits per heavy atom. The molecule has 1 aromatic rings. The first kappa shape index (κ1) is 17.8. The Labute approximate surface area is 149 Å². The number of ether oxygens (including phenoxy) is 1. The van der Waals surface area contributed by atoms with Crippen LogP contribution in [0.4, 0.5) is 4.79 Å². The molecule has 2 fully saturated rings. The van der Waals surface area contributed by atoms with Crippen molar-refractivity contribution in [1.82, 2.24) is 10.2 Å². The molecule has 136 valence electrons. The van der Waals surface area contributed by atoms with E-state index in [1.807, 2.05) is 11.9 Å². The largest absolute Gasteiger partial charge is 0.453 e. The summed E-state index contributed by atoms with van der Waals surface area (Å²) in [6.45, 7) is 4.29. The number of benzene rings is 1. The van der Waals surface area contributed by atoms with Crippen LogP contribution in [-0.4, -0.2) is 43.1 Å². The van der Waals surface area contributed by atoms with Gasteiger partial charge in [-0.1, -0.05) is 18.2 Å². The van der Waals surface area contributed by atoms with Crippen LogP contribution in [0.25, 0.3) is 0 Å². The van der Waals surface area contributed by atoms with Crippen molar-refractivity contribution in [3.8, 4) is 0 Å². The van der Waals surface area contributed by atoms with E-state index >= 15 is 0 Å². The van der Waals surface area contributed by atoms with Gasteiger partial charge in [0.05, 0.1) is 7.11 Å². The second kappa shape index (κ2) is 7.06. The molecule has 0 spiro atoms. The summed E-state index contributed by atoms with van der Waals surface area (Å²) in [5.41, 5.74) is 4.06. The van der Waals surface area contributed by atoms with Crippen molar-refractivity contribution in [3.05, 3.63) is 34.9 Å². The van der Waals surface area contributed by atoms with Crippen LogP contribution < -0.4 is 5.32 Å². The quantitative estimate of drug-likeness (QED) is 0.913. The number of hydrogen-bond donors (Lipinski definition) is 1. The van der Waals surface area contributed by atoms with Crippen LogP contribution in [0.2, 0.25) is 0 Å². The van der Waals surface area contributed by atoms with E-state index in [9.17, 15) is 9.59 Å². The summed E-state index contributed by atoms with van der Waals surface area (Å²) in [5, 5.41) is 2.75. The predicted octanol–water partition coefficient (Wildman–Crippen LogP) is 3.14. The topological polar surface area (TPSA) is 58.6 Å². The molecule has 0 atom stereocenters. The number of carbonyl (C=O) groups is 2. The smallest absolute Gasteiger partial charge is 0.407 e. The molecule has 3 rings (SSSR count). The minimum atomic E-state index is -0.417. The number of nitrogens with one attached hydrogen (secondary N) is 1. The second-order valence-corrected chi connectivity index (χ2v) is 7.62. The monoisotopic (exact) mass is 344 g/mol. The summed E-state index contributed by atoms with van der Waals surface area (Å²) in [7, 11) is 3.28. The van der Waals surface area contributed by atoms with Gasteiger partial charge in [0, 0.05) is 25.0 Å². The Bertz CT molecular complexity index is 661. The maximum Gasteiger partial charge on any atom is 0.407 e. The molecule has 2 saturated carbocycles. The van der Waals surface area contributed by atoms with E-state index in [0.29, 0.717) is 24.8 Å². The third kappa shape index (κ3) is 3.65. The first-order chi connectivity index (χ1) is 11.9. The Balaban J connectivity index is 1.46. The van der Waals surface area contributed by atoms with Crippen molar-refractivity contribution in [3.63, 3.8) is 0 Å². The average molecular weight is 344 g/mol. The van der Waals surface area contributed by atoms with Gasteiger partial charge >= 0.3 is 6.09 Å². The summed E-state index contributed by atoms with van der Waals surface area (Å²) in [6, 6.07) is 7.11. The first-order valence-corrected chi connectivity index (χ1v) is 9.07. The van der Waals surface area contributed by atoms with E-state index in [1.165, 1.54) is 23.8 Å². The van der Waals surface area contributed by atoms with Crippen LogP contribution in [0.15, 0.2) is 18.2 Å². The third-order valence-electron chi connectivity index (χ3n) is 6.01. The molecule has 0 saturated heterocycles. The average Bonchev–Trinajstić information content (AvgIpc) is 2.51. The molecular weight excluding hydrogens is 316 g/mol. The van der Waals surface area contributed by atoms with E-state index in [4.69, 9.17) is 0 Å². The van der Waals surface area contributed by atoms with Crippen LogP contribution in [0.3, 0.4) is 0 Å². The Kier molecular flexibility index (Phi) is 5.02. The van der Waals surface area contributed by atoms with Gasteiger partial charge in [-0.05, 0) is 62.1 Å². The number of aryl methyl sites for hydroxylation is 2. The number of carbonyl (C=O) groups excluding carboxylic acids is 2. The Morgan fingerprint density at radius 3 is 2.40 bits per heavy atom. The number of hydrogen-bond acceptors (Lipinski definition) is 3. The van der Waals surface area contributed by atoms with E-state index < -0.39 is 6.09 Å². The predicted molar refractivity (Wildman–Crippen MR) is 96.5 cm³/mol. The maximum absolute atomic E-state index is 12.6. The molecule has 2 amide bonds. The van der Waals surface area contributed by atoms with Gasteiger partial charge in [0.25, 0.3) is 0 Å². The zero-order valence-electron chi connectivity index (χ0n) is 15.5. The third-order valence-corrected chi connectivity index (χ3v) is 6.01. The second-order valence-electron chi connectivity index (χ2n) is 7.62. The van der Waals surface area contributed by atoms with E-state index in [-0.39, 0.29) is 17.9 Å². The van der Waals surface area contributed by atoms with Crippen LogP contribution in [0.5, 0.6) is 0 Å². The lowest BCUT2D eigenvalue weighted by atomic mass is 9.73. The molecule has 0 bridgehead atoms. The molecule has 0 radical (unpaired) electrons. The van der Waals surface area contributed by atoms with Gasteiger partial charge in [0.2, 0.25) is 5.91 Å². The molecule has 0 aliphatic heterocycles. The minimum absolute atomic E-state index is 0.0350. The highest BCUT2D eigenvalue weighted by Crippen LogP contribution is 2.41. The van der Waals surface area contributed by atoms with Crippen molar-refractivity contribution in [2.75, 3.05) is 14.2 Å². The zero-order chi connectivity index (χ0) is 18.1. The van der Waals surface area contributed by atoms with E-state index in [2.05, 4.69) is 42.1 Å². The van der Waals surface area contributed by atoms with Crippen LogP contribution in [-0.2, 0) is 9.53 Å². The normalized spacial score (nSPS) is 27.7. The van der Waals surface area contributed by atoms with Gasteiger partial charge in [0.1, 0.15) is 0 Å². The molecule has 2 aliphatic carbocycles. The van der Waals surface area contributed by atoms with Crippen LogP contribution in [0.1, 0.15) is 48.3 Å². The number of nitrogens with zero attached hydrogens (tertiary/aromatic N) is 1. The molecular formula is C20H28N2O3. The molecule has 0 unspecified atom stereocenters. The van der Waals surface area contributed by atoms with E-state index in [0.717, 1.165) is 12.8 Å². The molecule has 2 aliphatic rings. The fourth-order valence-corrected chi connectivity index (χ4v) is 3.83. The fraction of sp³-hybridized carbons (Fsp3) is 0.600. The summed E-state index contributed by atoms with van der Waals surface area (Å²) >= 11 is 0. The van der Waals surface area contributed by atoms with Gasteiger partial charge < -0.3 is 15.0 Å². The summed E-state index contributed by atoms with van der Waals surface area (Å²) < 4.78 is 4.59.